The SMILES string of the molecule is CCCNC(C)(CCN(C)CC1(N(C)C)CCC1)C(N)=O. The van der Waals surface area contributed by atoms with Crippen LogP contribution in [0.1, 0.15) is 46.0 Å². The van der Waals surface area contributed by atoms with Crippen molar-refractivity contribution in [2.45, 2.75) is 57.0 Å². The van der Waals surface area contributed by atoms with Crippen LogP contribution in [0.5, 0.6) is 0 Å². The van der Waals surface area contributed by atoms with Gasteiger partial charge in [-0.15, -0.1) is 0 Å². The lowest BCUT2D eigenvalue weighted by Gasteiger charge is -2.49. The van der Waals surface area contributed by atoms with Crippen LogP contribution in [0, 0.1) is 0 Å². The summed E-state index contributed by atoms with van der Waals surface area (Å²) in [6.45, 7) is 6.78. The third-order valence-electron chi connectivity index (χ3n) is 5.10. The number of primary amides is 1. The van der Waals surface area contributed by atoms with Gasteiger partial charge in [0.2, 0.25) is 5.91 Å². The van der Waals surface area contributed by atoms with E-state index < -0.39 is 5.54 Å². The fraction of sp³-hybridized carbons (Fsp3) is 0.938. The zero-order chi connectivity index (χ0) is 16.1. The molecular formula is C16H34N4O. The van der Waals surface area contributed by atoms with Crippen LogP contribution >= 0.6 is 0 Å². The number of nitrogens with one attached hydrogen (secondary N) is 1. The van der Waals surface area contributed by atoms with E-state index in [-0.39, 0.29) is 5.91 Å². The fourth-order valence-electron chi connectivity index (χ4n) is 3.03. The van der Waals surface area contributed by atoms with Crippen molar-refractivity contribution in [2.75, 3.05) is 40.8 Å². The molecule has 1 rings (SSSR count). The molecule has 5 heteroatoms. The van der Waals surface area contributed by atoms with Crippen molar-refractivity contribution in [1.29, 1.82) is 0 Å². The molecule has 1 unspecified atom stereocenters. The molecule has 0 spiro atoms. The van der Waals surface area contributed by atoms with Crippen molar-refractivity contribution in [3.63, 3.8) is 0 Å². The predicted molar refractivity (Wildman–Crippen MR) is 88.3 cm³/mol. The van der Waals surface area contributed by atoms with Crippen LogP contribution in [0.15, 0.2) is 0 Å². The van der Waals surface area contributed by atoms with E-state index in [1.54, 1.807) is 0 Å². The molecule has 1 amide bonds. The average Bonchev–Trinajstić information content (AvgIpc) is 2.37. The predicted octanol–water partition coefficient (Wildman–Crippen LogP) is 1.04. The lowest BCUT2D eigenvalue weighted by molar-refractivity contribution is -0.124. The summed E-state index contributed by atoms with van der Waals surface area (Å²) in [5.41, 5.74) is 5.31. The number of nitrogens with zero attached hydrogens (tertiary/aromatic N) is 2. The van der Waals surface area contributed by atoms with Gasteiger partial charge in [0, 0.05) is 18.6 Å². The van der Waals surface area contributed by atoms with E-state index >= 15 is 0 Å². The van der Waals surface area contributed by atoms with Gasteiger partial charge in [0.05, 0.1) is 5.54 Å². The summed E-state index contributed by atoms with van der Waals surface area (Å²) >= 11 is 0. The minimum atomic E-state index is -0.602. The molecule has 0 aromatic carbocycles. The molecule has 5 nitrogen and oxygen atoms in total. The van der Waals surface area contributed by atoms with Gasteiger partial charge in [0.15, 0.2) is 0 Å². The van der Waals surface area contributed by atoms with Gasteiger partial charge < -0.3 is 20.9 Å². The van der Waals surface area contributed by atoms with Crippen molar-refractivity contribution < 1.29 is 4.79 Å². The van der Waals surface area contributed by atoms with Crippen molar-refractivity contribution >= 4 is 5.91 Å². The molecule has 0 bridgehead atoms. The Morgan fingerprint density at radius 1 is 1.33 bits per heavy atom. The molecule has 1 fully saturated rings. The highest BCUT2D eigenvalue weighted by Gasteiger charge is 2.40. The van der Waals surface area contributed by atoms with Crippen LogP contribution in [-0.4, -0.2) is 67.6 Å². The quantitative estimate of drug-likeness (QED) is 0.632. The summed E-state index contributed by atoms with van der Waals surface area (Å²) in [4.78, 5) is 16.4. The normalized spacial score (nSPS) is 20.3. The monoisotopic (exact) mass is 298 g/mol. The fourth-order valence-corrected chi connectivity index (χ4v) is 3.03. The second-order valence-corrected chi connectivity index (χ2v) is 7.08. The molecule has 0 saturated heterocycles. The van der Waals surface area contributed by atoms with Crippen LogP contribution in [0.25, 0.3) is 0 Å². The Labute approximate surface area is 130 Å². The number of nitrogens with two attached hydrogens (primary N) is 1. The summed E-state index contributed by atoms with van der Waals surface area (Å²) in [7, 11) is 6.48. The van der Waals surface area contributed by atoms with Gasteiger partial charge >= 0.3 is 0 Å². The highest BCUT2D eigenvalue weighted by atomic mass is 16.1. The molecule has 124 valence electrons. The van der Waals surface area contributed by atoms with E-state index in [9.17, 15) is 4.79 Å². The molecule has 1 aliphatic carbocycles. The van der Waals surface area contributed by atoms with E-state index in [0.717, 1.165) is 32.5 Å². The Morgan fingerprint density at radius 2 is 1.95 bits per heavy atom. The van der Waals surface area contributed by atoms with E-state index in [0.29, 0.717) is 5.54 Å². The van der Waals surface area contributed by atoms with Gasteiger partial charge in [-0.05, 0) is 66.7 Å². The number of carbonyl (C=O) groups is 1. The first kappa shape index (κ1) is 18.4. The molecule has 0 aromatic heterocycles. The zero-order valence-electron chi connectivity index (χ0n) is 14.5. The number of carbonyl (C=O) groups excluding carboxylic acids is 1. The van der Waals surface area contributed by atoms with Crippen LogP contribution < -0.4 is 11.1 Å². The summed E-state index contributed by atoms with van der Waals surface area (Å²) in [6.07, 6.45) is 5.62. The number of rotatable bonds is 10. The molecule has 0 aliphatic heterocycles. The molecular weight excluding hydrogens is 264 g/mol. The smallest absolute Gasteiger partial charge is 0.237 e. The molecule has 0 aromatic rings. The molecule has 21 heavy (non-hydrogen) atoms. The first-order valence-corrected chi connectivity index (χ1v) is 8.17. The maximum atomic E-state index is 11.7. The number of hydrogen-bond donors (Lipinski definition) is 2. The summed E-state index contributed by atoms with van der Waals surface area (Å²) in [5, 5.41) is 3.30. The van der Waals surface area contributed by atoms with E-state index in [2.05, 4.69) is 43.2 Å². The Kier molecular flexibility index (Phi) is 6.63. The second-order valence-electron chi connectivity index (χ2n) is 7.08. The van der Waals surface area contributed by atoms with Gasteiger partial charge in [0.1, 0.15) is 0 Å². The topological polar surface area (TPSA) is 61.6 Å². The van der Waals surface area contributed by atoms with Crippen molar-refractivity contribution in [3.8, 4) is 0 Å². The third kappa shape index (κ3) is 4.66. The van der Waals surface area contributed by atoms with Crippen molar-refractivity contribution in [1.82, 2.24) is 15.1 Å². The van der Waals surface area contributed by atoms with E-state index in [1.165, 1.54) is 19.3 Å². The van der Waals surface area contributed by atoms with Crippen molar-refractivity contribution in [2.24, 2.45) is 5.73 Å². The van der Waals surface area contributed by atoms with Crippen LogP contribution in [0.4, 0.5) is 0 Å². The second kappa shape index (κ2) is 7.56. The Hall–Kier alpha value is -0.650. The Morgan fingerprint density at radius 3 is 2.33 bits per heavy atom. The van der Waals surface area contributed by atoms with Gasteiger partial charge in [0.25, 0.3) is 0 Å². The summed E-state index contributed by atoms with van der Waals surface area (Å²) in [5.74, 6) is -0.254. The number of hydrogen-bond acceptors (Lipinski definition) is 4. The highest BCUT2D eigenvalue weighted by Crippen LogP contribution is 2.36. The standard InChI is InChI=1S/C16H34N4O/c1-6-11-18-15(2,14(17)21)10-12-20(5)13-16(19(3)4)8-7-9-16/h18H,6-13H2,1-5H3,(H2,17,21). The van der Waals surface area contributed by atoms with Gasteiger partial charge in [-0.25, -0.2) is 0 Å². The molecule has 1 atom stereocenters. The van der Waals surface area contributed by atoms with E-state index in [4.69, 9.17) is 5.73 Å². The first-order chi connectivity index (χ1) is 9.76. The van der Waals surface area contributed by atoms with E-state index in [1.807, 2.05) is 6.92 Å². The van der Waals surface area contributed by atoms with Gasteiger partial charge in [-0.1, -0.05) is 6.92 Å². The first-order valence-electron chi connectivity index (χ1n) is 8.17. The molecule has 0 radical (unpaired) electrons. The Bertz CT molecular complexity index is 341. The largest absolute Gasteiger partial charge is 0.368 e. The van der Waals surface area contributed by atoms with Gasteiger partial charge in [-0.3, -0.25) is 4.79 Å². The molecule has 3 N–H and O–H groups in total. The maximum Gasteiger partial charge on any atom is 0.237 e. The summed E-state index contributed by atoms with van der Waals surface area (Å²) < 4.78 is 0. The molecule has 1 aliphatic rings. The Balaban J connectivity index is 2.50. The zero-order valence-corrected chi connectivity index (χ0v) is 14.5. The van der Waals surface area contributed by atoms with Crippen LogP contribution in [0.2, 0.25) is 0 Å². The molecule has 1 saturated carbocycles. The summed E-state index contributed by atoms with van der Waals surface area (Å²) in [6, 6.07) is 0. The van der Waals surface area contributed by atoms with Crippen molar-refractivity contribution in [3.05, 3.63) is 0 Å². The lowest BCUT2D eigenvalue weighted by atomic mass is 9.75. The minimum Gasteiger partial charge on any atom is -0.368 e. The lowest BCUT2D eigenvalue weighted by Crippen LogP contribution is -2.58. The van der Waals surface area contributed by atoms with Crippen LogP contribution in [0.3, 0.4) is 0 Å². The number of amides is 1. The third-order valence-corrected chi connectivity index (χ3v) is 5.10. The minimum absolute atomic E-state index is 0.254. The number of likely N-dealkylation sites (N-methyl/N-ethyl adjacent to an activating group) is 2. The average molecular weight is 298 g/mol. The van der Waals surface area contributed by atoms with Crippen LogP contribution in [-0.2, 0) is 4.79 Å². The maximum absolute atomic E-state index is 11.7. The molecule has 0 heterocycles. The highest BCUT2D eigenvalue weighted by molar-refractivity contribution is 5.84. The van der Waals surface area contributed by atoms with Gasteiger partial charge in [-0.2, -0.15) is 0 Å².